The molecule has 0 aliphatic rings. The Bertz CT molecular complexity index is 604. The van der Waals surface area contributed by atoms with E-state index in [1.165, 1.54) is 6.20 Å². The van der Waals surface area contributed by atoms with E-state index in [0.717, 1.165) is 5.56 Å². The molecular formula is C15H16N2O3. The first-order valence-corrected chi connectivity index (χ1v) is 6.09. The van der Waals surface area contributed by atoms with Crippen LogP contribution >= 0.6 is 0 Å². The van der Waals surface area contributed by atoms with E-state index in [4.69, 9.17) is 9.47 Å². The monoisotopic (exact) mass is 272 g/mol. The summed E-state index contributed by atoms with van der Waals surface area (Å²) < 4.78 is 10.5. The van der Waals surface area contributed by atoms with Gasteiger partial charge in [0.15, 0.2) is 0 Å². The molecule has 0 fully saturated rings. The second-order valence-corrected chi connectivity index (χ2v) is 4.24. The number of hydrogen-bond acceptors (Lipinski definition) is 4. The zero-order chi connectivity index (χ0) is 14.5. The Hall–Kier alpha value is -2.56. The van der Waals surface area contributed by atoms with Crippen LogP contribution in [0.1, 0.15) is 15.9 Å². The molecular weight excluding hydrogens is 256 g/mol. The Kier molecular flexibility index (Phi) is 4.20. The van der Waals surface area contributed by atoms with Crippen LogP contribution in [0.15, 0.2) is 36.7 Å². The van der Waals surface area contributed by atoms with Gasteiger partial charge in [-0.05, 0) is 30.7 Å². The number of hydrogen-bond donors (Lipinski definition) is 1. The third-order valence-corrected chi connectivity index (χ3v) is 2.80. The molecule has 0 radical (unpaired) electrons. The Morgan fingerprint density at radius 1 is 1.15 bits per heavy atom. The third kappa shape index (κ3) is 2.88. The minimum atomic E-state index is -0.260. The zero-order valence-electron chi connectivity index (χ0n) is 11.6. The van der Waals surface area contributed by atoms with Crippen LogP contribution in [0.5, 0.6) is 11.5 Å². The highest BCUT2D eigenvalue weighted by Gasteiger charge is 2.14. The highest BCUT2D eigenvalue weighted by Crippen LogP contribution is 2.34. The van der Waals surface area contributed by atoms with E-state index in [2.05, 4.69) is 10.3 Å². The first-order chi connectivity index (χ1) is 9.65. The summed E-state index contributed by atoms with van der Waals surface area (Å²) in [5.74, 6) is 0.820. The predicted octanol–water partition coefficient (Wildman–Crippen LogP) is 2.66. The SMILES string of the molecule is COc1cccc(OC)c1NC(=O)c1cncc(C)c1. The highest BCUT2D eigenvalue weighted by molar-refractivity contribution is 6.05. The normalized spacial score (nSPS) is 9.95. The van der Waals surface area contributed by atoms with Gasteiger partial charge in [-0.1, -0.05) is 6.07 Å². The van der Waals surface area contributed by atoms with Crippen LogP contribution in [0.25, 0.3) is 0 Å². The molecule has 1 heterocycles. The topological polar surface area (TPSA) is 60.5 Å². The van der Waals surface area contributed by atoms with Gasteiger partial charge >= 0.3 is 0 Å². The Morgan fingerprint density at radius 3 is 2.35 bits per heavy atom. The third-order valence-electron chi connectivity index (χ3n) is 2.80. The number of carbonyl (C=O) groups is 1. The van der Waals surface area contributed by atoms with E-state index in [0.29, 0.717) is 22.7 Å². The number of anilines is 1. The van der Waals surface area contributed by atoms with Crippen molar-refractivity contribution in [2.75, 3.05) is 19.5 Å². The highest BCUT2D eigenvalue weighted by atomic mass is 16.5. The lowest BCUT2D eigenvalue weighted by Crippen LogP contribution is -2.14. The molecule has 0 aliphatic carbocycles. The summed E-state index contributed by atoms with van der Waals surface area (Å²) in [5.41, 5.74) is 1.91. The number of methoxy groups -OCH3 is 2. The average molecular weight is 272 g/mol. The van der Waals surface area contributed by atoms with E-state index < -0.39 is 0 Å². The van der Waals surface area contributed by atoms with Crippen molar-refractivity contribution >= 4 is 11.6 Å². The smallest absolute Gasteiger partial charge is 0.257 e. The molecule has 0 saturated carbocycles. The number of aromatic nitrogens is 1. The summed E-state index contributed by atoms with van der Waals surface area (Å²) in [6.07, 6.45) is 3.21. The molecule has 5 nitrogen and oxygen atoms in total. The van der Waals surface area contributed by atoms with Gasteiger partial charge in [-0.2, -0.15) is 0 Å². The van der Waals surface area contributed by atoms with Crippen LogP contribution in [0.4, 0.5) is 5.69 Å². The molecule has 1 N–H and O–H groups in total. The van der Waals surface area contributed by atoms with Crippen LogP contribution in [0.3, 0.4) is 0 Å². The molecule has 0 unspecified atom stereocenters. The number of benzene rings is 1. The molecule has 0 bridgehead atoms. The number of aryl methyl sites for hydroxylation is 1. The maximum atomic E-state index is 12.2. The fourth-order valence-electron chi connectivity index (χ4n) is 1.84. The number of amides is 1. The van der Waals surface area contributed by atoms with Gasteiger partial charge in [0.05, 0.1) is 19.8 Å². The van der Waals surface area contributed by atoms with Crippen molar-refractivity contribution < 1.29 is 14.3 Å². The van der Waals surface area contributed by atoms with E-state index >= 15 is 0 Å². The molecule has 0 spiro atoms. The van der Waals surface area contributed by atoms with Gasteiger partial charge in [0.2, 0.25) is 0 Å². The van der Waals surface area contributed by atoms with Gasteiger partial charge in [-0.15, -0.1) is 0 Å². The minimum Gasteiger partial charge on any atom is -0.494 e. The van der Waals surface area contributed by atoms with Gasteiger partial charge < -0.3 is 14.8 Å². The number of ether oxygens (including phenoxy) is 2. The number of nitrogens with zero attached hydrogens (tertiary/aromatic N) is 1. The van der Waals surface area contributed by atoms with Gasteiger partial charge in [0, 0.05) is 12.4 Å². The van der Waals surface area contributed by atoms with Gasteiger partial charge in [0.25, 0.3) is 5.91 Å². The summed E-state index contributed by atoms with van der Waals surface area (Å²) in [6, 6.07) is 7.07. The van der Waals surface area contributed by atoms with Crippen molar-refractivity contribution in [2.45, 2.75) is 6.92 Å². The largest absolute Gasteiger partial charge is 0.494 e. The molecule has 1 aromatic carbocycles. The number of pyridine rings is 1. The predicted molar refractivity (Wildman–Crippen MR) is 76.5 cm³/mol. The number of rotatable bonds is 4. The number of nitrogens with one attached hydrogen (secondary N) is 1. The number of carbonyl (C=O) groups excluding carboxylic acids is 1. The molecule has 0 atom stereocenters. The van der Waals surface area contributed by atoms with Crippen LogP contribution in [-0.4, -0.2) is 25.1 Å². The Labute approximate surface area is 117 Å². The average Bonchev–Trinajstić information content (AvgIpc) is 2.47. The maximum absolute atomic E-state index is 12.2. The lowest BCUT2D eigenvalue weighted by molar-refractivity contribution is 0.102. The molecule has 2 aromatic rings. The quantitative estimate of drug-likeness (QED) is 0.929. The molecule has 2 rings (SSSR count). The molecule has 20 heavy (non-hydrogen) atoms. The summed E-state index contributed by atoms with van der Waals surface area (Å²) in [4.78, 5) is 16.2. The van der Waals surface area contributed by atoms with Crippen LogP contribution in [0, 0.1) is 6.92 Å². The van der Waals surface area contributed by atoms with Crippen LogP contribution < -0.4 is 14.8 Å². The van der Waals surface area contributed by atoms with Crippen molar-refractivity contribution in [2.24, 2.45) is 0 Å². The second kappa shape index (κ2) is 6.06. The van der Waals surface area contributed by atoms with Crippen molar-refractivity contribution in [1.82, 2.24) is 4.98 Å². The standard InChI is InChI=1S/C15H16N2O3/c1-10-7-11(9-16-8-10)15(18)17-14-12(19-2)5-4-6-13(14)20-3/h4-9H,1-3H3,(H,17,18). The Morgan fingerprint density at radius 2 is 1.80 bits per heavy atom. The van der Waals surface area contributed by atoms with Crippen molar-refractivity contribution in [3.05, 3.63) is 47.8 Å². The molecule has 104 valence electrons. The fourth-order valence-corrected chi connectivity index (χ4v) is 1.84. The second-order valence-electron chi connectivity index (χ2n) is 4.24. The summed E-state index contributed by atoms with van der Waals surface area (Å²) in [6.45, 7) is 1.88. The van der Waals surface area contributed by atoms with Crippen molar-refractivity contribution in [3.63, 3.8) is 0 Å². The maximum Gasteiger partial charge on any atom is 0.257 e. The first kappa shape index (κ1) is 13.9. The van der Waals surface area contributed by atoms with Gasteiger partial charge in [0.1, 0.15) is 17.2 Å². The molecule has 0 aliphatic heterocycles. The molecule has 0 saturated heterocycles. The van der Waals surface area contributed by atoms with Crippen LogP contribution in [0.2, 0.25) is 0 Å². The molecule has 5 heteroatoms. The Balaban J connectivity index is 2.32. The van der Waals surface area contributed by atoms with Crippen molar-refractivity contribution in [3.8, 4) is 11.5 Å². The van der Waals surface area contributed by atoms with E-state index in [1.807, 2.05) is 6.92 Å². The fraction of sp³-hybridized carbons (Fsp3) is 0.200. The van der Waals surface area contributed by atoms with Crippen LogP contribution in [-0.2, 0) is 0 Å². The summed E-state index contributed by atoms with van der Waals surface area (Å²) >= 11 is 0. The molecule has 1 amide bonds. The van der Waals surface area contributed by atoms with E-state index in [9.17, 15) is 4.79 Å². The minimum absolute atomic E-state index is 0.260. The van der Waals surface area contributed by atoms with E-state index in [1.54, 1.807) is 44.7 Å². The van der Waals surface area contributed by atoms with Gasteiger partial charge in [-0.25, -0.2) is 0 Å². The van der Waals surface area contributed by atoms with Crippen molar-refractivity contribution in [1.29, 1.82) is 0 Å². The lowest BCUT2D eigenvalue weighted by Gasteiger charge is -2.13. The zero-order valence-corrected chi connectivity index (χ0v) is 11.6. The summed E-state index contributed by atoms with van der Waals surface area (Å²) in [7, 11) is 3.08. The first-order valence-electron chi connectivity index (χ1n) is 6.09. The summed E-state index contributed by atoms with van der Waals surface area (Å²) in [5, 5.41) is 2.80. The van der Waals surface area contributed by atoms with Gasteiger partial charge in [-0.3, -0.25) is 9.78 Å². The lowest BCUT2D eigenvalue weighted by atomic mass is 10.2. The van der Waals surface area contributed by atoms with E-state index in [-0.39, 0.29) is 5.91 Å². The number of para-hydroxylation sites is 1. The molecule has 1 aromatic heterocycles.